The summed E-state index contributed by atoms with van der Waals surface area (Å²) in [6, 6.07) is 0.663. The number of piperazine rings is 1. The number of hydrogen-bond acceptors (Lipinski definition) is 3. The largest absolute Gasteiger partial charge is 0.333 e. The van der Waals surface area contributed by atoms with E-state index in [2.05, 4.69) is 36.3 Å². The van der Waals surface area contributed by atoms with Crippen LogP contribution in [0.4, 0.5) is 4.79 Å². The van der Waals surface area contributed by atoms with Gasteiger partial charge in [0.25, 0.3) is 0 Å². The third-order valence-electron chi connectivity index (χ3n) is 4.15. The minimum absolute atomic E-state index is 0.0910. The van der Waals surface area contributed by atoms with E-state index in [-0.39, 0.29) is 11.6 Å². The summed E-state index contributed by atoms with van der Waals surface area (Å²) in [7, 11) is 0. The zero-order valence-corrected chi connectivity index (χ0v) is 11.8. The van der Waals surface area contributed by atoms with E-state index in [0.717, 1.165) is 45.7 Å². The van der Waals surface area contributed by atoms with Crippen molar-refractivity contribution in [3.05, 3.63) is 0 Å². The smallest absolute Gasteiger partial charge is 0.317 e. The highest BCUT2D eigenvalue weighted by Gasteiger charge is 2.36. The second kappa shape index (κ2) is 5.45. The Morgan fingerprint density at radius 1 is 1.33 bits per heavy atom. The van der Waals surface area contributed by atoms with Crippen molar-refractivity contribution in [3.63, 3.8) is 0 Å². The summed E-state index contributed by atoms with van der Waals surface area (Å²) >= 11 is 0. The van der Waals surface area contributed by atoms with Crippen molar-refractivity contribution in [3.8, 4) is 0 Å². The number of nitrogens with zero attached hydrogens (tertiary/aromatic N) is 2. The van der Waals surface area contributed by atoms with Gasteiger partial charge in [-0.1, -0.05) is 6.92 Å². The summed E-state index contributed by atoms with van der Waals surface area (Å²) in [6.07, 6.45) is 0.952. The number of carbonyl (C=O) groups is 1. The fourth-order valence-electron chi connectivity index (χ4n) is 2.36. The van der Waals surface area contributed by atoms with Crippen LogP contribution in [0.1, 0.15) is 27.2 Å². The van der Waals surface area contributed by atoms with E-state index in [9.17, 15) is 4.79 Å². The van der Waals surface area contributed by atoms with Crippen molar-refractivity contribution in [1.82, 2.24) is 20.4 Å². The second-order valence-corrected chi connectivity index (χ2v) is 6.01. The molecule has 0 aliphatic carbocycles. The van der Waals surface area contributed by atoms with Crippen LogP contribution in [0, 0.1) is 0 Å². The Balaban J connectivity index is 1.73. The van der Waals surface area contributed by atoms with Gasteiger partial charge in [0, 0.05) is 50.8 Å². The van der Waals surface area contributed by atoms with Crippen molar-refractivity contribution in [2.24, 2.45) is 0 Å². The molecule has 2 N–H and O–H groups in total. The van der Waals surface area contributed by atoms with Crippen molar-refractivity contribution < 1.29 is 4.79 Å². The van der Waals surface area contributed by atoms with Crippen molar-refractivity contribution in [2.75, 3.05) is 39.3 Å². The highest BCUT2D eigenvalue weighted by Crippen LogP contribution is 2.17. The number of hydrogen-bond donors (Lipinski definition) is 2. The molecule has 0 unspecified atom stereocenters. The Bertz CT molecular complexity index is 293. The number of carbonyl (C=O) groups excluding carboxylic acids is 1. The van der Waals surface area contributed by atoms with Crippen LogP contribution in [0.3, 0.4) is 0 Å². The van der Waals surface area contributed by atoms with Gasteiger partial charge in [-0.3, -0.25) is 4.90 Å². The van der Waals surface area contributed by atoms with Gasteiger partial charge >= 0.3 is 6.03 Å². The van der Waals surface area contributed by atoms with Crippen molar-refractivity contribution in [1.29, 1.82) is 0 Å². The standard InChI is InChI=1S/C13H26N4O/c1-4-13(2,3)15-12(18)17-9-11(10-17)16-7-5-14-6-8-16/h11,14H,4-10H2,1-3H3,(H,15,18). The molecule has 18 heavy (non-hydrogen) atoms. The van der Waals surface area contributed by atoms with Gasteiger partial charge in [-0.15, -0.1) is 0 Å². The normalized spacial score (nSPS) is 22.7. The molecule has 2 fully saturated rings. The predicted molar refractivity (Wildman–Crippen MR) is 72.7 cm³/mol. The lowest BCUT2D eigenvalue weighted by molar-refractivity contribution is 0.0469. The number of urea groups is 1. The van der Waals surface area contributed by atoms with E-state index < -0.39 is 0 Å². The fourth-order valence-corrected chi connectivity index (χ4v) is 2.36. The van der Waals surface area contributed by atoms with Gasteiger partial charge in [0.2, 0.25) is 0 Å². The summed E-state index contributed by atoms with van der Waals surface area (Å²) in [4.78, 5) is 16.4. The molecular weight excluding hydrogens is 228 g/mol. The molecule has 0 radical (unpaired) electrons. The molecule has 0 atom stereocenters. The Hall–Kier alpha value is -0.810. The maximum atomic E-state index is 12.0. The topological polar surface area (TPSA) is 47.6 Å². The molecule has 5 heteroatoms. The van der Waals surface area contributed by atoms with E-state index >= 15 is 0 Å². The fraction of sp³-hybridized carbons (Fsp3) is 0.923. The molecule has 2 aliphatic heterocycles. The first kappa shape index (κ1) is 13.6. The Kier molecular flexibility index (Phi) is 4.12. The lowest BCUT2D eigenvalue weighted by atomic mass is 10.0. The van der Waals surface area contributed by atoms with Crippen LogP contribution >= 0.6 is 0 Å². The first-order chi connectivity index (χ1) is 8.52. The van der Waals surface area contributed by atoms with Crippen LogP contribution in [0.2, 0.25) is 0 Å². The van der Waals surface area contributed by atoms with Gasteiger partial charge in [-0.2, -0.15) is 0 Å². The molecule has 0 saturated carbocycles. The van der Waals surface area contributed by atoms with Gasteiger partial charge in [0.1, 0.15) is 0 Å². The molecule has 104 valence electrons. The maximum Gasteiger partial charge on any atom is 0.317 e. The van der Waals surface area contributed by atoms with Crippen molar-refractivity contribution in [2.45, 2.75) is 38.8 Å². The molecule has 2 heterocycles. The van der Waals surface area contributed by atoms with Gasteiger partial charge in [-0.05, 0) is 20.3 Å². The van der Waals surface area contributed by atoms with Gasteiger partial charge in [0.05, 0.1) is 0 Å². The third-order valence-corrected chi connectivity index (χ3v) is 4.15. The summed E-state index contributed by atoms with van der Waals surface area (Å²) in [5.41, 5.74) is -0.1000. The molecular formula is C13H26N4O. The molecule has 2 saturated heterocycles. The van der Waals surface area contributed by atoms with Crippen LogP contribution in [0.15, 0.2) is 0 Å². The van der Waals surface area contributed by atoms with Crippen LogP contribution in [0.5, 0.6) is 0 Å². The molecule has 0 aromatic carbocycles. The molecule has 2 amide bonds. The minimum atomic E-state index is -0.1000. The van der Waals surface area contributed by atoms with Crippen molar-refractivity contribution >= 4 is 6.03 Å². The summed E-state index contributed by atoms with van der Waals surface area (Å²) in [5, 5.41) is 6.44. The van der Waals surface area contributed by atoms with E-state index in [1.54, 1.807) is 0 Å². The highest BCUT2D eigenvalue weighted by molar-refractivity contribution is 5.76. The summed E-state index contributed by atoms with van der Waals surface area (Å²) < 4.78 is 0. The molecule has 0 spiro atoms. The van der Waals surface area contributed by atoms with Crippen LogP contribution < -0.4 is 10.6 Å². The Labute approximate surface area is 110 Å². The molecule has 5 nitrogen and oxygen atoms in total. The van der Waals surface area contributed by atoms with Crippen LogP contribution in [-0.4, -0.2) is 66.7 Å². The van der Waals surface area contributed by atoms with E-state index in [1.165, 1.54) is 0 Å². The zero-order valence-electron chi connectivity index (χ0n) is 11.8. The lowest BCUT2D eigenvalue weighted by Gasteiger charge is -2.47. The van der Waals surface area contributed by atoms with E-state index in [0.29, 0.717) is 6.04 Å². The first-order valence-electron chi connectivity index (χ1n) is 7.04. The molecule has 2 aliphatic rings. The first-order valence-corrected chi connectivity index (χ1v) is 7.04. The van der Waals surface area contributed by atoms with E-state index in [1.807, 2.05) is 4.90 Å². The SMILES string of the molecule is CCC(C)(C)NC(=O)N1CC(N2CCNCC2)C1. The second-order valence-electron chi connectivity index (χ2n) is 6.01. The van der Waals surface area contributed by atoms with Gasteiger partial charge in [0.15, 0.2) is 0 Å². The molecule has 0 aromatic rings. The molecule has 0 aromatic heterocycles. The maximum absolute atomic E-state index is 12.0. The lowest BCUT2D eigenvalue weighted by Crippen LogP contribution is -2.66. The quantitative estimate of drug-likeness (QED) is 0.770. The molecule has 0 bridgehead atoms. The third kappa shape index (κ3) is 3.14. The average Bonchev–Trinajstić information content (AvgIpc) is 2.28. The van der Waals surface area contributed by atoms with Crippen LogP contribution in [-0.2, 0) is 0 Å². The predicted octanol–water partition coefficient (Wildman–Crippen LogP) is 0.474. The Morgan fingerprint density at radius 2 is 1.94 bits per heavy atom. The monoisotopic (exact) mass is 254 g/mol. The van der Waals surface area contributed by atoms with Gasteiger partial charge in [-0.25, -0.2) is 4.79 Å². The van der Waals surface area contributed by atoms with E-state index in [4.69, 9.17) is 0 Å². The minimum Gasteiger partial charge on any atom is -0.333 e. The summed E-state index contributed by atoms with van der Waals surface area (Å²) in [5.74, 6) is 0. The zero-order chi connectivity index (χ0) is 13.2. The number of nitrogens with one attached hydrogen (secondary N) is 2. The van der Waals surface area contributed by atoms with Crippen LogP contribution in [0.25, 0.3) is 0 Å². The number of likely N-dealkylation sites (tertiary alicyclic amines) is 1. The Morgan fingerprint density at radius 3 is 2.50 bits per heavy atom. The van der Waals surface area contributed by atoms with Gasteiger partial charge < -0.3 is 15.5 Å². The highest BCUT2D eigenvalue weighted by atomic mass is 16.2. The summed E-state index contributed by atoms with van der Waals surface area (Å²) in [6.45, 7) is 12.4. The molecule has 2 rings (SSSR count). The average molecular weight is 254 g/mol. The number of amides is 2. The number of rotatable bonds is 3.